The van der Waals surface area contributed by atoms with E-state index in [0.29, 0.717) is 5.56 Å². The smallest absolute Gasteiger partial charge is 0.243 e. The number of nitrogens with zero attached hydrogens (tertiary/aromatic N) is 1. The van der Waals surface area contributed by atoms with Crippen molar-refractivity contribution in [3.63, 3.8) is 0 Å². The third-order valence-electron chi connectivity index (χ3n) is 3.39. The van der Waals surface area contributed by atoms with Crippen LogP contribution in [-0.4, -0.2) is 25.3 Å². The first-order valence-corrected chi connectivity index (χ1v) is 7.97. The van der Waals surface area contributed by atoms with Crippen molar-refractivity contribution < 1.29 is 12.8 Å². The van der Waals surface area contributed by atoms with Gasteiger partial charge in [0.05, 0.1) is 4.90 Å². The van der Waals surface area contributed by atoms with E-state index in [4.69, 9.17) is 5.73 Å². The van der Waals surface area contributed by atoms with E-state index in [9.17, 15) is 12.8 Å². The molecule has 0 heterocycles. The van der Waals surface area contributed by atoms with E-state index < -0.39 is 15.8 Å². The van der Waals surface area contributed by atoms with Crippen LogP contribution in [0.5, 0.6) is 0 Å². The molecule has 4 nitrogen and oxygen atoms in total. The lowest BCUT2D eigenvalue weighted by Gasteiger charge is -2.21. The van der Waals surface area contributed by atoms with E-state index in [-0.39, 0.29) is 29.6 Å². The molecule has 0 spiro atoms. The molecule has 1 saturated carbocycles. The second kappa shape index (κ2) is 5.63. The first-order valence-electron chi connectivity index (χ1n) is 6.53. The normalized spacial score (nSPS) is 15.6. The highest BCUT2D eigenvalue weighted by Gasteiger charge is 2.37. The number of rotatable bonds is 6. The Bertz CT molecular complexity index is 624. The molecule has 0 bridgehead atoms. The fraction of sp³-hybridized carbons (Fsp3) is 0.429. The molecule has 1 aromatic carbocycles. The van der Waals surface area contributed by atoms with Gasteiger partial charge >= 0.3 is 0 Å². The van der Waals surface area contributed by atoms with Gasteiger partial charge in [-0.3, -0.25) is 0 Å². The van der Waals surface area contributed by atoms with Crippen LogP contribution >= 0.6 is 0 Å². The van der Waals surface area contributed by atoms with Gasteiger partial charge in [0.25, 0.3) is 0 Å². The molecule has 1 aliphatic rings. The van der Waals surface area contributed by atoms with Crippen molar-refractivity contribution in [2.75, 3.05) is 6.54 Å². The van der Waals surface area contributed by atoms with Crippen LogP contribution in [-0.2, 0) is 16.6 Å². The summed E-state index contributed by atoms with van der Waals surface area (Å²) in [7, 11) is -3.63. The summed E-state index contributed by atoms with van der Waals surface area (Å²) in [6.07, 6.45) is 3.28. The molecule has 0 radical (unpaired) electrons. The molecule has 0 aliphatic heterocycles. The predicted molar refractivity (Wildman–Crippen MR) is 76.1 cm³/mol. The molecule has 1 aromatic rings. The van der Waals surface area contributed by atoms with Crippen molar-refractivity contribution in [3.8, 4) is 0 Å². The fourth-order valence-electron chi connectivity index (χ4n) is 2.17. The van der Waals surface area contributed by atoms with Crippen LogP contribution in [0.3, 0.4) is 0 Å². The van der Waals surface area contributed by atoms with Crippen LogP contribution in [0.2, 0.25) is 0 Å². The molecule has 0 atom stereocenters. The van der Waals surface area contributed by atoms with E-state index >= 15 is 0 Å². The van der Waals surface area contributed by atoms with Crippen LogP contribution in [0.25, 0.3) is 0 Å². The van der Waals surface area contributed by atoms with Crippen molar-refractivity contribution in [2.24, 2.45) is 5.73 Å². The SMILES string of the molecule is C=CCN(C1CC1)S(=O)(=O)c1cc(C)c(F)c(CN)c1. The first-order chi connectivity index (χ1) is 9.41. The largest absolute Gasteiger partial charge is 0.326 e. The monoisotopic (exact) mass is 298 g/mol. The molecule has 20 heavy (non-hydrogen) atoms. The molecule has 110 valence electrons. The number of hydrogen-bond acceptors (Lipinski definition) is 3. The molecule has 6 heteroatoms. The molecule has 1 aliphatic carbocycles. The van der Waals surface area contributed by atoms with Gasteiger partial charge < -0.3 is 5.73 Å². The average molecular weight is 298 g/mol. The van der Waals surface area contributed by atoms with E-state index in [2.05, 4.69) is 6.58 Å². The number of nitrogens with two attached hydrogens (primary N) is 1. The number of aryl methyl sites for hydroxylation is 1. The van der Waals surface area contributed by atoms with Crippen LogP contribution in [0.15, 0.2) is 29.7 Å². The van der Waals surface area contributed by atoms with E-state index in [1.165, 1.54) is 16.4 Å². The molecule has 0 amide bonds. The lowest BCUT2D eigenvalue weighted by molar-refractivity contribution is 0.435. The van der Waals surface area contributed by atoms with E-state index in [1.54, 1.807) is 13.0 Å². The van der Waals surface area contributed by atoms with Gasteiger partial charge in [0.15, 0.2) is 0 Å². The zero-order valence-corrected chi connectivity index (χ0v) is 12.3. The third-order valence-corrected chi connectivity index (χ3v) is 5.29. The minimum Gasteiger partial charge on any atom is -0.326 e. The van der Waals surface area contributed by atoms with E-state index in [0.717, 1.165) is 12.8 Å². The Morgan fingerprint density at radius 2 is 2.15 bits per heavy atom. The van der Waals surface area contributed by atoms with Gasteiger partial charge in [0, 0.05) is 24.7 Å². The Hall–Kier alpha value is -1.24. The summed E-state index contributed by atoms with van der Waals surface area (Å²) in [5.74, 6) is -0.437. The predicted octanol–water partition coefficient (Wildman–Crippen LogP) is 1.93. The molecule has 1 fully saturated rings. The summed E-state index contributed by atoms with van der Waals surface area (Å²) in [5.41, 5.74) is 5.99. The van der Waals surface area contributed by atoms with Gasteiger partial charge in [-0.1, -0.05) is 6.08 Å². The lowest BCUT2D eigenvalue weighted by atomic mass is 10.1. The van der Waals surface area contributed by atoms with Gasteiger partial charge in [0.1, 0.15) is 5.82 Å². The Kier molecular flexibility index (Phi) is 4.27. The molecule has 0 saturated heterocycles. The summed E-state index contributed by atoms with van der Waals surface area (Å²) < 4.78 is 40.5. The molecule has 2 N–H and O–H groups in total. The van der Waals surface area contributed by atoms with Crippen molar-refractivity contribution in [1.29, 1.82) is 0 Å². The maximum Gasteiger partial charge on any atom is 0.243 e. The molecule has 2 rings (SSSR count). The van der Waals surface area contributed by atoms with Gasteiger partial charge in [-0.25, -0.2) is 12.8 Å². The summed E-state index contributed by atoms with van der Waals surface area (Å²) in [4.78, 5) is 0.102. The summed E-state index contributed by atoms with van der Waals surface area (Å²) in [6.45, 7) is 5.38. The van der Waals surface area contributed by atoms with Crippen LogP contribution < -0.4 is 5.73 Å². The second-order valence-electron chi connectivity index (χ2n) is 5.01. The summed E-state index contributed by atoms with van der Waals surface area (Å²) in [6, 6.07) is 2.73. The highest BCUT2D eigenvalue weighted by atomic mass is 32.2. The number of halogens is 1. The summed E-state index contributed by atoms with van der Waals surface area (Å²) >= 11 is 0. The minimum absolute atomic E-state index is 0.0269. The van der Waals surface area contributed by atoms with Crippen LogP contribution in [0.4, 0.5) is 4.39 Å². The van der Waals surface area contributed by atoms with Crippen LogP contribution in [0.1, 0.15) is 24.0 Å². The minimum atomic E-state index is -3.63. The molecular formula is C14H19FN2O2S. The van der Waals surface area contributed by atoms with Crippen molar-refractivity contribution in [1.82, 2.24) is 4.31 Å². The van der Waals surface area contributed by atoms with Crippen molar-refractivity contribution in [2.45, 2.75) is 37.2 Å². The standard InChI is InChI=1S/C14H19FN2O2S/c1-3-6-17(12-4-5-12)20(18,19)13-7-10(2)14(15)11(8-13)9-16/h3,7-8,12H,1,4-6,9,16H2,2H3. The zero-order chi connectivity index (χ0) is 14.9. The van der Waals surface area contributed by atoms with Gasteiger partial charge in [-0.15, -0.1) is 6.58 Å². The van der Waals surface area contributed by atoms with Gasteiger partial charge in [-0.2, -0.15) is 4.31 Å². The van der Waals surface area contributed by atoms with Crippen LogP contribution in [0, 0.1) is 12.7 Å². The number of sulfonamides is 1. The highest BCUT2D eigenvalue weighted by molar-refractivity contribution is 7.89. The molecule has 0 unspecified atom stereocenters. The highest BCUT2D eigenvalue weighted by Crippen LogP contribution is 2.32. The lowest BCUT2D eigenvalue weighted by Crippen LogP contribution is -2.33. The number of hydrogen-bond donors (Lipinski definition) is 1. The van der Waals surface area contributed by atoms with Crippen molar-refractivity contribution in [3.05, 3.63) is 41.7 Å². The van der Waals surface area contributed by atoms with E-state index in [1.807, 2.05) is 0 Å². The van der Waals surface area contributed by atoms with Gasteiger partial charge in [-0.05, 0) is 37.5 Å². The average Bonchev–Trinajstić information content (AvgIpc) is 3.22. The zero-order valence-electron chi connectivity index (χ0n) is 11.5. The van der Waals surface area contributed by atoms with Crippen molar-refractivity contribution >= 4 is 10.0 Å². The molecular weight excluding hydrogens is 279 g/mol. The Morgan fingerprint density at radius 1 is 1.50 bits per heavy atom. The third kappa shape index (κ3) is 2.77. The quantitative estimate of drug-likeness (QED) is 0.816. The Labute approximate surface area is 119 Å². The molecule has 0 aromatic heterocycles. The Balaban J connectivity index is 2.47. The Morgan fingerprint density at radius 3 is 2.65 bits per heavy atom. The fourth-order valence-corrected chi connectivity index (χ4v) is 3.97. The maximum atomic E-state index is 13.8. The maximum absolute atomic E-state index is 13.8. The summed E-state index contributed by atoms with van der Waals surface area (Å²) in [5, 5.41) is 0. The first kappa shape index (κ1) is 15.2. The number of benzene rings is 1. The second-order valence-corrected chi connectivity index (χ2v) is 6.90. The topological polar surface area (TPSA) is 63.4 Å². The van der Waals surface area contributed by atoms with Gasteiger partial charge in [0.2, 0.25) is 10.0 Å².